The lowest BCUT2D eigenvalue weighted by Crippen LogP contribution is -2.28. The number of carbonyl (C=O) groups is 3. The zero-order chi connectivity index (χ0) is 15.2. The minimum absolute atomic E-state index is 0.0960. The Labute approximate surface area is 122 Å². The zero-order valence-corrected chi connectivity index (χ0v) is 11.6. The molecule has 21 heavy (non-hydrogen) atoms. The predicted octanol–water partition coefficient (Wildman–Crippen LogP) is 0.581. The molecule has 0 bridgehead atoms. The first-order valence-corrected chi connectivity index (χ1v) is 6.72. The average molecular weight is 291 g/mol. The third kappa shape index (κ3) is 3.95. The molecule has 3 N–H and O–H groups in total. The van der Waals surface area contributed by atoms with Crippen LogP contribution in [0.1, 0.15) is 19.8 Å². The van der Waals surface area contributed by atoms with Gasteiger partial charge in [0.25, 0.3) is 11.8 Å². The van der Waals surface area contributed by atoms with Gasteiger partial charge in [0.05, 0.1) is 6.61 Å². The monoisotopic (exact) mass is 291 g/mol. The van der Waals surface area contributed by atoms with Crippen LogP contribution in [0.5, 0.6) is 5.75 Å². The Hall–Kier alpha value is -2.57. The number of ether oxygens (including phenoxy) is 1. The molecule has 0 radical (unpaired) electrons. The number of hydrogen-bond acceptors (Lipinski definition) is 4. The Morgan fingerprint density at radius 3 is 2.38 bits per heavy atom. The van der Waals surface area contributed by atoms with Crippen molar-refractivity contribution in [3.8, 4) is 5.75 Å². The molecule has 1 heterocycles. The summed E-state index contributed by atoms with van der Waals surface area (Å²) in [5.74, 6) is -1.10. The van der Waals surface area contributed by atoms with E-state index >= 15 is 0 Å². The highest BCUT2D eigenvalue weighted by Gasteiger charge is 2.32. The van der Waals surface area contributed by atoms with Gasteiger partial charge in [-0.3, -0.25) is 25.2 Å². The van der Waals surface area contributed by atoms with Crippen LogP contribution in [0.25, 0.3) is 0 Å². The summed E-state index contributed by atoms with van der Waals surface area (Å²) in [6.45, 7) is 2.47. The largest absolute Gasteiger partial charge is 0.494 e. The van der Waals surface area contributed by atoms with Crippen LogP contribution in [0.4, 0.5) is 5.69 Å². The second kappa shape index (κ2) is 6.74. The van der Waals surface area contributed by atoms with Crippen molar-refractivity contribution in [2.75, 3.05) is 11.9 Å². The fourth-order valence-electron chi connectivity index (χ4n) is 1.98. The van der Waals surface area contributed by atoms with E-state index in [1.165, 1.54) is 0 Å². The van der Waals surface area contributed by atoms with E-state index in [1.807, 2.05) is 6.92 Å². The van der Waals surface area contributed by atoms with Crippen LogP contribution < -0.4 is 20.9 Å². The van der Waals surface area contributed by atoms with Gasteiger partial charge in [0.1, 0.15) is 11.7 Å². The molecule has 1 fully saturated rings. The number of hydrazine groups is 1. The van der Waals surface area contributed by atoms with Crippen molar-refractivity contribution < 1.29 is 19.1 Å². The molecule has 0 unspecified atom stereocenters. The molecule has 7 heteroatoms. The summed E-state index contributed by atoms with van der Waals surface area (Å²) < 4.78 is 5.30. The van der Waals surface area contributed by atoms with Crippen LogP contribution in [-0.2, 0) is 14.4 Å². The molecule has 1 aromatic carbocycles. The third-order valence-electron chi connectivity index (χ3n) is 3.05. The molecule has 0 aliphatic carbocycles. The first kappa shape index (κ1) is 14.8. The van der Waals surface area contributed by atoms with Crippen LogP contribution in [0.2, 0.25) is 0 Å². The van der Waals surface area contributed by atoms with Crippen molar-refractivity contribution in [3.05, 3.63) is 24.3 Å². The zero-order valence-electron chi connectivity index (χ0n) is 11.6. The van der Waals surface area contributed by atoms with Gasteiger partial charge in [0, 0.05) is 12.1 Å². The van der Waals surface area contributed by atoms with Gasteiger partial charge in [-0.25, -0.2) is 0 Å². The molecule has 0 spiro atoms. The maximum absolute atomic E-state index is 11.8. The van der Waals surface area contributed by atoms with Gasteiger partial charge in [-0.05, 0) is 37.6 Å². The smallest absolute Gasteiger partial charge is 0.251 e. The maximum atomic E-state index is 11.8. The van der Waals surface area contributed by atoms with E-state index in [4.69, 9.17) is 4.74 Å². The molecule has 2 rings (SSSR count). The molecule has 112 valence electrons. The quantitative estimate of drug-likeness (QED) is 0.668. The lowest BCUT2D eigenvalue weighted by atomic mass is 10.0. The van der Waals surface area contributed by atoms with E-state index in [1.54, 1.807) is 24.3 Å². The van der Waals surface area contributed by atoms with Crippen molar-refractivity contribution in [1.29, 1.82) is 0 Å². The molecule has 1 aliphatic rings. The minimum atomic E-state index is -0.795. The lowest BCUT2D eigenvalue weighted by Gasteiger charge is -2.08. The van der Waals surface area contributed by atoms with Gasteiger partial charge < -0.3 is 10.1 Å². The van der Waals surface area contributed by atoms with Gasteiger partial charge in [0.15, 0.2) is 0 Å². The first-order valence-electron chi connectivity index (χ1n) is 6.72. The topological polar surface area (TPSA) is 96.5 Å². The number of benzene rings is 1. The SMILES string of the molecule is CCOc1ccc(NC(=O)CCC2C(=O)NNC2=O)cc1. The summed E-state index contributed by atoms with van der Waals surface area (Å²) in [6.07, 6.45) is 0.277. The highest BCUT2D eigenvalue weighted by atomic mass is 16.5. The number of nitrogens with one attached hydrogen (secondary N) is 3. The summed E-state index contributed by atoms with van der Waals surface area (Å²) in [6, 6.07) is 6.99. The van der Waals surface area contributed by atoms with Crippen molar-refractivity contribution in [1.82, 2.24) is 10.9 Å². The molecule has 0 aromatic heterocycles. The van der Waals surface area contributed by atoms with Crippen LogP contribution in [0.15, 0.2) is 24.3 Å². The van der Waals surface area contributed by atoms with E-state index in [2.05, 4.69) is 16.2 Å². The molecule has 1 saturated heterocycles. The van der Waals surface area contributed by atoms with Crippen LogP contribution >= 0.6 is 0 Å². The van der Waals surface area contributed by atoms with Crippen LogP contribution in [0.3, 0.4) is 0 Å². The fourth-order valence-corrected chi connectivity index (χ4v) is 1.98. The van der Waals surface area contributed by atoms with Gasteiger partial charge >= 0.3 is 0 Å². The normalized spacial score (nSPS) is 14.5. The number of rotatable bonds is 6. The van der Waals surface area contributed by atoms with Crippen molar-refractivity contribution in [2.24, 2.45) is 5.92 Å². The fraction of sp³-hybridized carbons (Fsp3) is 0.357. The highest BCUT2D eigenvalue weighted by molar-refractivity contribution is 6.05. The standard InChI is InChI=1S/C14H17N3O4/c1-2-21-10-5-3-9(4-6-10)15-12(18)8-7-11-13(19)16-17-14(11)20/h3-6,11H,2,7-8H2,1H3,(H,15,18)(H,16,19)(H,17,20). The Morgan fingerprint density at radius 2 is 1.81 bits per heavy atom. The summed E-state index contributed by atoms with van der Waals surface area (Å²) in [7, 11) is 0. The van der Waals surface area contributed by atoms with E-state index in [0.29, 0.717) is 12.3 Å². The Kier molecular flexibility index (Phi) is 4.76. The number of hydrogen-bond donors (Lipinski definition) is 3. The van der Waals surface area contributed by atoms with Crippen molar-refractivity contribution in [3.63, 3.8) is 0 Å². The molecule has 0 atom stereocenters. The molecule has 0 saturated carbocycles. The molecule has 3 amide bonds. The summed E-state index contributed by atoms with van der Waals surface area (Å²) in [5, 5.41) is 2.71. The van der Waals surface area contributed by atoms with Gasteiger partial charge in [0.2, 0.25) is 5.91 Å². The number of carbonyl (C=O) groups excluding carboxylic acids is 3. The Balaban J connectivity index is 1.81. The second-order valence-electron chi connectivity index (χ2n) is 4.58. The van der Waals surface area contributed by atoms with Crippen molar-refractivity contribution >= 4 is 23.4 Å². The minimum Gasteiger partial charge on any atom is -0.494 e. The summed E-state index contributed by atoms with van der Waals surface area (Å²) >= 11 is 0. The molecular formula is C14H17N3O4. The number of amides is 3. The van der Waals surface area contributed by atoms with Gasteiger partial charge in [-0.2, -0.15) is 0 Å². The van der Waals surface area contributed by atoms with Gasteiger partial charge in [-0.1, -0.05) is 0 Å². The first-order chi connectivity index (χ1) is 10.1. The maximum Gasteiger partial charge on any atom is 0.251 e. The highest BCUT2D eigenvalue weighted by Crippen LogP contribution is 2.17. The Bertz CT molecular complexity index is 526. The van der Waals surface area contributed by atoms with Crippen LogP contribution in [-0.4, -0.2) is 24.3 Å². The second-order valence-corrected chi connectivity index (χ2v) is 4.58. The van der Waals surface area contributed by atoms with E-state index in [0.717, 1.165) is 5.75 Å². The lowest BCUT2D eigenvalue weighted by molar-refractivity contribution is -0.128. The third-order valence-corrected chi connectivity index (χ3v) is 3.05. The molecule has 1 aromatic rings. The molecule has 7 nitrogen and oxygen atoms in total. The number of anilines is 1. The molecule has 1 aliphatic heterocycles. The van der Waals surface area contributed by atoms with Crippen molar-refractivity contribution in [2.45, 2.75) is 19.8 Å². The predicted molar refractivity (Wildman–Crippen MR) is 75.3 cm³/mol. The van der Waals surface area contributed by atoms with Gasteiger partial charge in [-0.15, -0.1) is 0 Å². The summed E-state index contributed by atoms with van der Waals surface area (Å²) in [5.41, 5.74) is 5.10. The molecular weight excluding hydrogens is 274 g/mol. The average Bonchev–Trinajstić information content (AvgIpc) is 2.78. The van der Waals surface area contributed by atoms with E-state index < -0.39 is 17.7 Å². The van der Waals surface area contributed by atoms with Crippen LogP contribution in [0, 0.1) is 5.92 Å². The van der Waals surface area contributed by atoms with E-state index in [-0.39, 0.29) is 18.7 Å². The van der Waals surface area contributed by atoms with E-state index in [9.17, 15) is 14.4 Å². The Morgan fingerprint density at radius 1 is 1.19 bits per heavy atom. The summed E-state index contributed by atoms with van der Waals surface area (Å²) in [4.78, 5) is 34.4.